The summed E-state index contributed by atoms with van der Waals surface area (Å²) in [6.45, 7) is 0. The molecule has 0 atom stereocenters. The fraction of sp³-hybridized carbons (Fsp3) is 0. The summed E-state index contributed by atoms with van der Waals surface area (Å²) in [5, 5.41) is 4.91. The van der Waals surface area contributed by atoms with Crippen LogP contribution in [0.1, 0.15) is 0 Å². The molecule has 0 saturated heterocycles. The SMILES string of the molecule is c1ccc(-c2cccc(-c3ccc(N(c4cc(-c5ccccc5)cc(-c5ccccc5)c4)c4cccc(-c5cc6ccccc6c6c5c5ccccc5n6-c5ccccc5)c4)cc3)c2)cc1. The predicted octanol–water partition coefficient (Wildman–Crippen LogP) is 17.7. The van der Waals surface area contributed by atoms with E-state index in [1.807, 2.05) is 0 Å². The second-order valence-corrected chi connectivity index (χ2v) is 16.9. The minimum absolute atomic E-state index is 1.07. The minimum Gasteiger partial charge on any atom is -0.310 e. The van der Waals surface area contributed by atoms with Crippen LogP contribution in [-0.4, -0.2) is 4.57 Å². The van der Waals surface area contributed by atoms with Gasteiger partial charge in [0.1, 0.15) is 0 Å². The van der Waals surface area contributed by atoms with Gasteiger partial charge >= 0.3 is 0 Å². The van der Waals surface area contributed by atoms with Gasteiger partial charge in [0.25, 0.3) is 0 Å². The van der Waals surface area contributed by atoms with Crippen LogP contribution >= 0.6 is 0 Å². The molecule has 2 nitrogen and oxygen atoms in total. The van der Waals surface area contributed by atoms with Crippen LogP contribution in [0.5, 0.6) is 0 Å². The van der Waals surface area contributed by atoms with Crippen molar-refractivity contribution >= 4 is 49.6 Å². The Bertz CT molecular complexity index is 3610. The van der Waals surface area contributed by atoms with Crippen LogP contribution in [0.15, 0.2) is 267 Å². The molecule has 0 aliphatic rings. The molecule has 0 spiro atoms. The van der Waals surface area contributed by atoms with E-state index >= 15 is 0 Å². The van der Waals surface area contributed by atoms with Crippen molar-refractivity contribution in [3.63, 3.8) is 0 Å². The summed E-state index contributed by atoms with van der Waals surface area (Å²) in [5.74, 6) is 0. The summed E-state index contributed by atoms with van der Waals surface area (Å²) in [6.07, 6.45) is 0. The molecule has 0 aliphatic heterocycles. The van der Waals surface area contributed by atoms with Gasteiger partial charge in [0.2, 0.25) is 0 Å². The molecule has 0 amide bonds. The van der Waals surface area contributed by atoms with Gasteiger partial charge in [0.15, 0.2) is 0 Å². The first-order chi connectivity index (χ1) is 32.7. The van der Waals surface area contributed by atoms with Gasteiger partial charge in [-0.25, -0.2) is 0 Å². The lowest BCUT2D eigenvalue weighted by atomic mass is 9.94. The average molecular weight is 841 g/mol. The third-order valence-corrected chi connectivity index (χ3v) is 12.9. The van der Waals surface area contributed by atoms with Gasteiger partial charge in [-0.15, -0.1) is 0 Å². The molecule has 0 unspecified atom stereocenters. The van der Waals surface area contributed by atoms with E-state index < -0.39 is 0 Å². The van der Waals surface area contributed by atoms with Crippen LogP contribution in [-0.2, 0) is 0 Å². The highest BCUT2D eigenvalue weighted by Crippen LogP contribution is 2.46. The number of hydrogen-bond acceptors (Lipinski definition) is 1. The molecule has 0 aliphatic carbocycles. The lowest BCUT2D eigenvalue weighted by Crippen LogP contribution is -2.10. The van der Waals surface area contributed by atoms with Crippen molar-refractivity contribution in [2.24, 2.45) is 0 Å². The Morgan fingerprint density at radius 2 is 0.742 bits per heavy atom. The van der Waals surface area contributed by atoms with Crippen molar-refractivity contribution in [3.8, 4) is 61.3 Å². The van der Waals surface area contributed by atoms with Gasteiger partial charge in [-0.2, -0.15) is 0 Å². The summed E-state index contributed by atoms with van der Waals surface area (Å²) in [5.41, 5.74) is 18.6. The fourth-order valence-corrected chi connectivity index (χ4v) is 9.81. The molecule has 12 aromatic rings. The van der Waals surface area contributed by atoms with Crippen LogP contribution in [0.2, 0.25) is 0 Å². The smallest absolute Gasteiger partial charge is 0.0625 e. The highest BCUT2D eigenvalue weighted by Gasteiger charge is 2.21. The molecule has 12 rings (SSSR count). The lowest BCUT2D eigenvalue weighted by molar-refractivity contribution is 1.19. The van der Waals surface area contributed by atoms with Crippen LogP contribution in [0.25, 0.3) is 93.9 Å². The Hall–Kier alpha value is -8.72. The molecular weight excluding hydrogens is 797 g/mol. The number of hydrogen-bond donors (Lipinski definition) is 0. The van der Waals surface area contributed by atoms with E-state index in [9.17, 15) is 0 Å². The van der Waals surface area contributed by atoms with Crippen molar-refractivity contribution in [2.45, 2.75) is 0 Å². The highest BCUT2D eigenvalue weighted by atomic mass is 15.1. The topological polar surface area (TPSA) is 8.17 Å². The first kappa shape index (κ1) is 38.9. The number of aromatic nitrogens is 1. The molecule has 310 valence electrons. The Balaban J connectivity index is 1.07. The first-order valence-corrected chi connectivity index (χ1v) is 22.7. The zero-order valence-electron chi connectivity index (χ0n) is 36.3. The molecule has 2 heteroatoms. The summed E-state index contributed by atoms with van der Waals surface area (Å²) in [7, 11) is 0. The number of rotatable bonds is 9. The minimum atomic E-state index is 1.07. The van der Waals surface area contributed by atoms with Crippen molar-refractivity contribution in [3.05, 3.63) is 267 Å². The largest absolute Gasteiger partial charge is 0.310 e. The van der Waals surface area contributed by atoms with Crippen LogP contribution in [0, 0.1) is 0 Å². The third-order valence-electron chi connectivity index (χ3n) is 12.9. The predicted molar refractivity (Wildman–Crippen MR) is 280 cm³/mol. The van der Waals surface area contributed by atoms with Gasteiger partial charge in [0, 0.05) is 38.9 Å². The van der Waals surface area contributed by atoms with E-state index in [0.717, 1.165) is 39.4 Å². The molecule has 0 bridgehead atoms. The normalized spacial score (nSPS) is 11.3. The van der Waals surface area contributed by atoms with E-state index in [4.69, 9.17) is 0 Å². The van der Waals surface area contributed by atoms with E-state index in [-0.39, 0.29) is 0 Å². The van der Waals surface area contributed by atoms with Crippen LogP contribution in [0.3, 0.4) is 0 Å². The van der Waals surface area contributed by atoms with Crippen molar-refractivity contribution < 1.29 is 0 Å². The van der Waals surface area contributed by atoms with Gasteiger partial charge in [-0.1, -0.05) is 194 Å². The summed E-state index contributed by atoms with van der Waals surface area (Å²) < 4.78 is 2.45. The standard InChI is InChI=1S/C64H44N2/c1-5-19-45(20-6-1)49-26-17-27-50(39-49)48-35-37-56(38-36-48)65(58-42-53(46-21-7-2-8-22-46)40-54(43-58)47-23-9-3-10-24-47)57-31-18-28-51(41-57)61-44-52-25-13-14-32-59(52)64-63(61)60-33-15-16-34-62(60)66(64)55-29-11-4-12-30-55/h1-44H. The molecular formula is C64H44N2. The molecule has 66 heavy (non-hydrogen) atoms. The van der Waals surface area contributed by atoms with E-state index in [1.54, 1.807) is 0 Å². The zero-order chi connectivity index (χ0) is 43.8. The number of nitrogens with zero attached hydrogens (tertiary/aromatic N) is 2. The molecule has 1 aromatic heterocycles. The van der Waals surface area contributed by atoms with E-state index in [1.165, 1.54) is 71.5 Å². The number of para-hydroxylation sites is 2. The van der Waals surface area contributed by atoms with E-state index in [0.29, 0.717) is 0 Å². The maximum atomic E-state index is 2.45. The fourth-order valence-electron chi connectivity index (χ4n) is 9.81. The maximum Gasteiger partial charge on any atom is 0.0625 e. The Labute approximate surface area is 385 Å². The van der Waals surface area contributed by atoms with Gasteiger partial charge < -0.3 is 9.47 Å². The number of benzene rings is 11. The van der Waals surface area contributed by atoms with Crippen LogP contribution in [0.4, 0.5) is 17.1 Å². The number of fused-ring (bicyclic) bond motifs is 5. The first-order valence-electron chi connectivity index (χ1n) is 22.7. The maximum absolute atomic E-state index is 2.45. The molecule has 0 saturated carbocycles. The van der Waals surface area contributed by atoms with Gasteiger partial charge in [0.05, 0.1) is 11.0 Å². The zero-order valence-corrected chi connectivity index (χ0v) is 36.3. The molecule has 0 radical (unpaired) electrons. The molecule has 1 heterocycles. The lowest BCUT2D eigenvalue weighted by Gasteiger charge is -2.28. The summed E-state index contributed by atoms with van der Waals surface area (Å²) in [6, 6.07) is 97.0. The molecule has 0 fully saturated rings. The average Bonchev–Trinajstić information content (AvgIpc) is 3.75. The molecule has 11 aromatic carbocycles. The third kappa shape index (κ3) is 7.12. The van der Waals surface area contributed by atoms with Gasteiger partial charge in [-0.05, 0) is 134 Å². The summed E-state index contributed by atoms with van der Waals surface area (Å²) >= 11 is 0. The molecule has 0 N–H and O–H groups in total. The quantitative estimate of drug-likeness (QED) is 0.141. The Morgan fingerprint density at radius 3 is 1.39 bits per heavy atom. The van der Waals surface area contributed by atoms with Gasteiger partial charge in [-0.3, -0.25) is 0 Å². The Kier molecular flexibility index (Phi) is 9.89. The van der Waals surface area contributed by atoms with Crippen LogP contribution < -0.4 is 4.90 Å². The highest BCUT2D eigenvalue weighted by molar-refractivity contribution is 6.24. The second-order valence-electron chi connectivity index (χ2n) is 16.9. The van der Waals surface area contributed by atoms with E-state index in [2.05, 4.69) is 276 Å². The van der Waals surface area contributed by atoms with Crippen molar-refractivity contribution in [1.82, 2.24) is 4.57 Å². The van der Waals surface area contributed by atoms with Crippen molar-refractivity contribution in [1.29, 1.82) is 0 Å². The van der Waals surface area contributed by atoms with Crippen molar-refractivity contribution in [2.75, 3.05) is 4.90 Å². The summed E-state index contributed by atoms with van der Waals surface area (Å²) in [4.78, 5) is 2.43. The number of anilines is 3. The second kappa shape index (κ2) is 16.8. The monoisotopic (exact) mass is 840 g/mol. The Morgan fingerprint density at radius 1 is 0.273 bits per heavy atom.